The van der Waals surface area contributed by atoms with Crippen LogP contribution in [-0.2, 0) is 16.1 Å². The van der Waals surface area contributed by atoms with Gasteiger partial charge in [0.1, 0.15) is 12.7 Å². The van der Waals surface area contributed by atoms with Crippen molar-refractivity contribution in [1.82, 2.24) is 25.0 Å². The summed E-state index contributed by atoms with van der Waals surface area (Å²) in [6.07, 6.45) is 4.10. The lowest BCUT2D eigenvalue weighted by molar-refractivity contribution is -0.123. The van der Waals surface area contributed by atoms with Gasteiger partial charge in [0.25, 0.3) is 0 Å². The molecule has 1 aromatic carbocycles. The molecule has 9 nitrogen and oxygen atoms in total. The second-order valence-electron chi connectivity index (χ2n) is 6.28. The number of amides is 3. The first-order chi connectivity index (χ1) is 13.2. The molecule has 1 atom stereocenters. The summed E-state index contributed by atoms with van der Waals surface area (Å²) in [6, 6.07) is 8.77. The molecule has 0 spiro atoms. The third-order valence-corrected chi connectivity index (χ3v) is 4.29. The molecule has 1 aliphatic heterocycles. The molecule has 0 aliphatic carbocycles. The fourth-order valence-electron chi connectivity index (χ4n) is 2.91. The number of para-hydroxylation sites is 1. The zero-order valence-electron chi connectivity index (χ0n) is 15.1. The van der Waals surface area contributed by atoms with Gasteiger partial charge in [0.2, 0.25) is 5.91 Å². The number of aryl methyl sites for hydroxylation is 1. The largest absolute Gasteiger partial charge is 0.377 e. The number of nitrogens with zero attached hydrogens (tertiary/aromatic N) is 4. The Labute approximate surface area is 157 Å². The van der Waals surface area contributed by atoms with Crippen molar-refractivity contribution in [3.05, 3.63) is 43.0 Å². The summed E-state index contributed by atoms with van der Waals surface area (Å²) in [5, 5.41) is 9.77. The molecule has 0 unspecified atom stereocenters. The summed E-state index contributed by atoms with van der Waals surface area (Å²) in [5.74, 6) is -0.0957. The highest BCUT2D eigenvalue weighted by molar-refractivity contribution is 5.90. The lowest BCUT2D eigenvalue weighted by atomic mass is 10.1. The van der Waals surface area contributed by atoms with Crippen LogP contribution in [0.5, 0.6) is 0 Å². The average Bonchev–Trinajstić information content (AvgIpc) is 3.20. The zero-order valence-corrected chi connectivity index (χ0v) is 15.1. The topological polar surface area (TPSA) is 101 Å². The summed E-state index contributed by atoms with van der Waals surface area (Å²) < 4.78 is 7.19. The Morgan fingerprint density at radius 2 is 2.11 bits per heavy atom. The van der Waals surface area contributed by atoms with Crippen molar-refractivity contribution in [3.63, 3.8) is 0 Å². The molecular weight excluding hydrogens is 348 g/mol. The number of carbonyl (C=O) groups is 2. The third kappa shape index (κ3) is 5.78. The molecular formula is C18H24N6O3. The van der Waals surface area contributed by atoms with Gasteiger partial charge in [0, 0.05) is 31.7 Å². The molecule has 1 saturated heterocycles. The molecule has 0 saturated carbocycles. The van der Waals surface area contributed by atoms with Crippen LogP contribution in [0.4, 0.5) is 10.5 Å². The molecule has 27 heavy (non-hydrogen) atoms. The summed E-state index contributed by atoms with van der Waals surface area (Å²) >= 11 is 0. The molecule has 2 heterocycles. The van der Waals surface area contributed by atoms with Gasteiger partial charge in [0.15, 0.2) is 0 Å². The van der Waals surface area contributed by atoms with E-state index in [1.807, 2.05) is 30.3 Å². The van der Waals surface area contributed by atoms with E-state index in [1.54, 1.807) is 15.9 Å². The summed E-state index contributed by atoms with van der Waals surface area (Å²) in [6.45, 7) is 2.52. The third-order valence-electron chi connectivity index (χ3n) is 4.29. The highest BCUT2D eigenvalue weighted by Crippen LogP contribution is 2.14. The normalized spacial score (nSPS) is 16.7. The van der Waals surface area contributed by atoms with Crippen molar-refractivity contribution in [2.24, 2.45) is 0 Å². The van der Waals surface area contributed by atoms with Crippen LogP contribution in [0.3, 0.4) is 0 Å². The lowest BCUT2D eigenvalue weighted by Crippen LogP contribution is -2.52. The predicted molar refractivity (Wildman–Crippen MR) is 99.0 cm³/mol. The first kappa shape index (κ1) is 18.8. The van der Waals surface area contributed by atoms with Gasteiger partial charge in [-0.1, -0.05) is 18.2 Å². The molecule has 3 rings (SSSR count). The number of morpholine rings is 1. The summed E-state index contributed by atoms with van der Waals surface area (Å²) in [7, 11) is 0. The Balaban J connectivity index is 1.44. The van der Waals surface area contributed by atoms with E-state index in [0.717, 1.165) is 12.1 Å². The maximum Gasteiger partial charge on any atom is 0.322 e. The number of carbonyl (C=O) groups excluding carboxylic acids is 2. The van der Waals surface area contributed by atoms with Crippen molar-refractivity contribution in [2.75, 3.05) is 31.6 Å². The van der Waals surface area contributed by atoms with Crippen LogP contribution in [-0.4, -0.2) is 63.9 Å². The van der Waals surface area contributed by atoms with Crippen LogP contribution in [0.2, 0.25) is 0 Å². The number of hydrogen-bond acceptors (Lipinski definition) is 5. The predicted octanol–water partition coefficient (Wildman–Crippen LogP) is 1.11. The quantitative estimate of drug-likeness (QED) is 0.709. The van der Waals surface area contributed by atoms with E-state index < -0.39 is 0 Å². The van der Waals surface area contributed by atoms with Gasteiger partial charge in [-0.05, 0) is 18.6 Å². The smallest absolute Gasteiger partial charge is 0.322 e. The number of hydrogen-bond donors (Lipinski definition) is 2. The Bertz CT molecular complexity index is 722. The van der Waals surface area contributed by atoms with Gasteiger partial charge in [-0.25, -0.2) is 9.78 Å². The minimum atomic E-state index is -0.280. The number of aromatic nitrogens is 3. The van der Waals surface area contributed by atoms with Gasteiger partial charge in [-0.2, -0.15) is 5.10 Å². The minimum absolute atomic E-state index is 0.0957. The molecule has 144 valence electrons. The van der Waals surface area contributed by atoms with E-state index in [-0.39, 0.29) is 24.4 Å². The second kappa shape index (κ2) is 9.67. The Kier molecular flexibility index (Phi) is 6.75. The number of rotatable bonds is 7. The Morgan fingerprint density at radius 3 is 2.89 bits per heavy atom. The molecule has 0 radical (unpaired) electrons. The summed E-state index contributed by atoms with van der Waals surface area (Å²) in [4.78, 5) is 30.3. The van der Waals surface area contributed by atoms with Crippen molar-refractivity contribution in [3.8, 4) is 0 Å². The molecule has 1 aromatic heterocycles. The van der Waals surface area contributed by atoms with Crippen molar-refractivity contribution in [1.29, 1.82) is 0 Å². The number of urea groups is 1. The fourth-order valence-corrected chi connectivity index (χ4v) is 2.91. The fraction of sp³-hybridized carbons (Fsp3) is 0.444. The number of anilines is 1. The van der Waals surface area contributed by atoms with Crippen LogP contribution < -0.4 is 10.6 Å². The van der Waals surface area contributed by atoms with Crippen LogP contribution in [0.15, 0.2) is 43.0 Å². The van der Waals surface area contributed by atoms with Crippen LogP contribution in [0, 0.1) is 0 Å². The van der Waals surface area contributed by atoms with E-state index in [4.69, 9.17) is 4.74 Å². The molecule has 1 fully saturated rings. The van der Waals surface area contributed by atoms with Gasteiger partial charge in [0.05, 0.1) is 19.3 Å². The standard InChI is InChI=1S/C18H24N6O3/c25-17(20-7-4-8-23-14-19-13-21-23)11-16-12-27-10-9-24(16)18(26)22-15-5-2-1-3-6-15/h1-3,5-6,13-14,16H,4,7-12H2,(H,20,25)(H,22,26)/t16-/m0/s1. The van der Waals surface area contributed by atoms with Crippen LogP contribution in [0.1, 0.15) is 12.8 Å². The second-order valence-corrected chi connectivity index (χ2v) is 6.28. The SMILES string of the molecule is O=C(C[C@H]1COCCN1C(=O)Nc1ccccc1)NCCCn1cncn1. The van der Waals surface area contributed by atoms with Crippen LogP contribution in [0.25, 0.3) is 0 Å². The van der Waals surface area contributed by atoms with Gasteiger partial charge < -0.3 is 20.3 Å². The molecule has 2 N–H and O–H groups in total. The van der Waals surface area contributed by atoms with E-state index in [9.17, 15) is 9.59 Å². The number of benzene rings is 1. The number of nitrogens with one attached hydrogen (secondary N) is 2. The van der Waals surface area contributed by atoms with Gasteiger partial charge in [-0.15, -0.1) is 0 Å². The first-order valence-corrected chi connectivity index (χ1v) is 9.02. The zero-order chi connectivity index (χ0) is 18.9. The first-order valence-electron chi connectivity index (χ1n) is 9.02. The van der Waals surface area contributed by atoms with Crippen molar-refractivity contribution in [2.45, 2.75) is 25.4 Å². The van der Waals surface area contributed by atoms with E-state index in [0.29, 0.717) is 32.8 Å². The van der Waals surface area contributed by atoms with E-state index in [2.05, 4.69) is 20.7 Å². The Hall–Kier alpha value is -2.94. The van der Waals surface area contributed by atoms with Crippen molar-refractivity contribution >= 4 is 17.6 Å². The minimum Gasteiger partial charge on any atom is -0.377 e. The van der Waals surface area contributed by atoms with Gasteiger partial charge in [-0.3, -0.25) is 9.48 Å². The van der Waals surface area contributed by atoms with E-state index in [1.165, 1.54) is 6.33 Å². The lowest BCUT2D eigenvalue weighted by Gasteiger charge is -2.35. The summed E-state index contributed by atoms with van der Waals surface area (Å²) in [5.41, 5.74) is 0.727. The van der Waals surface area contributed by atoms with Gasteiger partial charge >= 0.3 is 6.03 Å². The average molecular weight is 372 g/mol. The highest BCUT2D eigenvalue weighted by atomic mass is 16.5. The van der Waals surface area contributed by atoms with Crippen molar-refractivity contribution < 1.29 is 14.3 Å². The maximum atomic E-state index is 12.6. The maximum absolute atomic E-state index is 12.6. The van der Waals surface area contributed by atoms with Crippen LogP contribution >= 0.6 is 0 Å². The number of ether oxygens (including phenoxy) is 1. The molecule has 2 aromatic rings. The molecule has 3 amide bonds. The molecule has 9 heteroatoms. The highest BCUT2D eigenvalue weighted by Gasteiger charge is 2.29. The molecule has 1 aliphatic rings. The monoisotopic (exact) mass is 372 g/mol. The molecule has 0 bridgehead atoms. The van der Waals surface area contributed by atoms with E-state index >= 15 is 0 Å². The Morgan fingerprint density at radius 1 is 1.26 bits per heavy atom.